The first kappa shape index (κ1) is 18.9. The van der Waals surface area contributed by atoms with Crippen molar-refractivity contribution in [2.45, 2.75) is 43.7 Å². The fraction of sp³-hybridized carbons (Fsp3) is 0.588. The minimum absolute atomic E-state index is 0.0169. The van der Waals surface area contributed by atoms with Crippen LogP contribution in [-0.4, -0.2) is 44.9 Å². The van der Waals surface area contributed by atoms with Crippen molar-refractivity contribution in [3.05, 3.63) is 29.8 Å². The van der Waals surface area contributed by atoms with Gasteiger partial charge in [-0.2, -0.15) is 0 Å². The minimum Gasteiger partial charge on any atom is -0.378 e. The predicted molar refractivity (Wildman–Crippen MR) is 94.7 cm³/mol. The van der Waals surface area contributed by atoms with E-state index in [0.29, 0.717) is 30.9 Å². The number of amides is 1. The van der Waals surface area contributed by atoms with Crippen molar-refractivity contribution in [3.8, 4) is 0 Å². The van der Waals surface area contributed by atoms with E-state index in [1.54, 1.807) is 45.0 Å². The van der Waals surface area contributed by atoms with E-state index in [1.807, 2.05) is 0 Å². The van der Waals surface area contributed by atoms with Crippen LogP contribution in [0.4, 0.5) is 5.69 Å². The van der Waals surface area contributed by atoms with Crippen molar-refractivity contribution in [1.82, 2.24) is 5.32 Å². The third kappa shape index (κ3) is 5.29. The molecule has 1 aliphatic heterocycles. The van der Waals surface area contributed by atoms with Crippen LogP contribution in [0.5, 0.6) is 0 Å². The third-order valence-corrected chi connectivity index (χ3v) is 6.51. The molecular formula is C17H26N2O4S. The molecule has 1 unspecified atom stereocenters. The molecule has 134 valence electrons. The number of ether oxygens (including phenoxy) is 1. The summed E-state index contributed by atoms with van der Waals surface area (Å²) >= 11 is 0. The number of anilines is 1. The van der Waals surface area contributed by atoms with Gasteiger partial charge in [-0.25, -0.2) is 8.42 Å². The Hall–Kier alpha value is -1.44. The monoisotopic (exact) mass is 354 g/mol. The lowest BCUT2D eigenvalue weighted by Crippen LogP contribution is -2.43. The predicted octanol–water partition coefficient (Wildman–Crippen LogP) is 1.72. The fourth-order valence-corrected chi connectivity index (χ4v) is 3.41. The Morgan fingerprint density at radius 2 is 2.12 bits per heavy atom. The Balaban J connectivity index is 1.98. The summed E-state index contributed by atoms with van der Waals surface area (Å²) in [6, 6.07) is 7.01. The van der Waals surface area contributed by atoms with Crippen molar-refractivity contribution < 1.29 is 17.9 Å². The number of sulfone groups is 1. The zero-order valence-corrected chi connectivity index (χ0v) is 15.3. The van der Waals surface area contributed by atoms with Crippen LogP contribution in [0.1, 0.15) is 32.8 Å². The number of rotatable bonds is 5. The van der Waals surface area contributed by atoms with Crippen LogP contribution in [0.25, 0.3) is 0 Å². The first-order valence-corrected chi connectivity index (χ1v) is 9.75. The topological polar surface area (TPSA) is 84.5 Å². The number of morpholine rings is 1. The minimum atomic E-state index is -3.26. The van der Waals surface area contributed by atoms with Crippen LogP contribution >= 0.6 is 0 Å². The van der Waals surface area contributed by atoms with E-state index in [2.05, 4.69) is 10.6 Å². The van der Waals surface area contributed by atoms with Crippen LogP contribution in [-0.2, 0) is 25.1 Å². The first-order valence-electron chi connectivity index (χ1n) is 8.09. The third-order valence-electron chi connectivity index (χ3n) is 3.93. The highest BCUT2D eigenvalue weighted by Crippen LogP contribution is 2.22. The normalized spacial score (nSPS) is 19.0. The molecule has 24 heavy (non-hydrogen) atoms. The summed E-state index contributed by atoms with van der Waals surface area (Å²) in [6.07, 6.45) is 0.324. The SMILES string of the molecule is CC(C)(C)S(=O)(=O)Cc1cccc(NC(=O)CC2COCCN2)c1. The smallest absolute Gasteiger partial charge is 0.226 e. The van der Waals surface area contributed by atoms with Crippen LogP contribution in [0.15, 0.2) is 24.3 Å². The zero-order chi connectivity index (χ0) is 17.8. The zero-order valence-electron chi connectivity index (χ0n) is 14.5. The summed E-state index contributed by atoms with van der Waals surface area (Å²) in [5.41, 5.74) is 1.28. The molecule has 0 spiro atoms. The Bertz CT molecular complexity index is 674. The molecule has 0 aliphatic carbocycles. The highest BCUT2D eigenvalue weighted by molar-refractivity contribution is 7.91. The van der Waals surface area contributed by atoms with Gasteiger partial charge >= 0.3 is 0 Å². The molecule has 0 radical (unpaired) electrons. The Labute approximate surface area is 143 Å². The molecule has 1 aromatic carbocycles. The van der Waals surface area contributed by atoms with Gasteiger partial charge in [-0.1, -0.05) is 12.1 Å². The second kappa shape index (κ2) is 7.63. The Morgan fingerprint density at radius 3 is 2.75 bits per heavy atom. The average Bonchev–Trinajstić information content (AvgIpc) is 2.46. The standard InChI is InChI=1S/C17H26N2O4S/c1-17(2,3)24(21,22)12-13-5-4-6-14(9-13)19-16(20)10-15-11-23-8-7-18-15/h4-6,9,15,18H,7-8,10-12H2,1-3H3,(H,19,20). The van der Waals surface area contributed by atoms with E-state index in [9.17, 15) is 13.2 Å². The highest BCUT2D eigenvalue weighted by Gasteiger charge is 2.29. The quantitative estimate of drug-likeness (QED) is 0.841. The molecule has 1 fully saturated rings. The second-order valence-corrected chi connectivity index (χ2v) is 9.79. The number of benzene rings is 1. The number of hydrogen-bond acceptors (Lipinski definition) is 5. The van der Waals surface area contributed by atoms with E-state index >= 15 is 0 Å². The maximum Gasteiger partial charge on any atom is 0.226 e. The summed E-state index contributed by atoms with van der Waals surface area (Å²) in [6.45, 7) is 7.01. The van der Waals surface area contributed by atoms with Gasteiger partial charge in [0.1, 0.15) is 0 Å². The average molecular weight is 354 g/mol. The summed E-state index contributed by atoms with van der Waals surface area (Å²) in [7, 11) is -3.26. The number of hydrogen-bond donors (Lipinski definition) is 2. The van der Waals surface area contributed by atoms with Crippen LogP contribution in [0.3, 0.4) is 0 Å². The lowest BCUT2D eigenvalue weighted by Gasteiger charge is -2.23. The number of nitrogens with one attached hydrogen (secondary N) is 2. The molecule has 1 atom stereocenters. The molecule has 0 saturated carbocycles. The van der Waals surface area contributed by atoms with Gasteiger partial charge in [-0.3, -0.25) is 4.79 Å². The highest BCUT2D eigenvalue weighted by atomic mass is 32.2. The molecular weight excluding hydrogens is 328 g/mol. The molecule has 1 aromatic rings. The van der Waals surface area contributed by atoms with Gasteiger partial charge < -0.3 is 15.4 Å². The van der Waals surface area contributed by atoms with Gasteiger partial charge in [0.05, 0.1) is 23.7 Å². The van der Waals surface area contributed by atoms with E-state index in [0.717, 1.165) is 6.54 Å². The Morgan fingerprint density at radius 1 is 1.38 bits per heavy atom. The van der Waals surface area contributed by atoms with Gasteiger partial charge in [-0.05, 0) is 38.5 Å². The van der Waals surface area contributed by atoms with E-state index in [4.69, 9.17) is 4.74 Å². The fourth-order valence-electron chi connectivity index (χ4n) is 2.36. The van der Waals surface area contributed by atoms with Crippen molar-refractivity contribution in [2.24, 2.45) is 0 Å². The van der Waals surface area contributed by atoms with Crippen LogP contribution < -0.4 is 10.6 Å². The van der Waals surface area contributed by atoms with Gasteiger partial charge in [0, 0.05) is 24.7 Å². The van der Waals surface area contributed by atoms with E-state index < -0.39 is 14.6 Å². The molecule has 1 aliphatic rings. The van der Waals surface area contributed by atoms with Crippen molar-refractivity contribution >= 4 is 21.4 Å². The molecule has 2 rings (SSSR count). The molecule has 0 bridgehead atoms. The lowest BCUT2D eigenvalue weighted by atomic mass is 10.1. The van der Waals surface area contributed by atoms with Gasteiger partial charge in [0.2, 0.25) is 5.91 Å². The summed E-state index contributed by atoms with van der Waals surface area (Å²) < 4.78 is 29.1. The van der Waals surface area contributed by atoms with Crippen LogP contribution in [0.2, 0.25) is 0 Å². The molecule has 1 heterocycles. The largest absolute Gasteiger partial charge is 0.378 e. The first-order chi connectivity index (χ1) is 11.2. The summed E-state index contributed by atoms with van der Waals surface area (Å²) in [5, 5.41) is 6.05. The van der Waals surface area contributed by atoms with Gasteiger partial charge in [0.15, 0.2) is 9.84 Å². The molecule has 1 amide bonds. The summed E-state index contributed by atoms with van der Waals surface area (Å²) in [4.78, 5) is 12.1. The molecule has 0 aromatic heterocycles. The number of carbonyl (C=O) groups is 1. The van der Waals surface area contributed by atoms with E-state index in [1.165, 1.54) is 0 Å². The molecule has 7 heteroatoms. The van der Waals surface area contributed by atoms with Crippen LogP contribution in [0, 0.1) is 0 Å². The maximum atomic E-state index is 12.3. The van der Waals surface area contributed by atoms with Gasteiger partial charge in [0.25, 0.3) is 0 Å². The summed E-state index contributed by atoms with van der Waals surface area (Å²) in [5.74, 6) is -0.160. The van der Waals surface area contributed by atoms with Crippen molar-refractivity contribution in [3.63, 3.8) is 0 Å². The van der Waals surface area contributed by atoms with Crippen molar-refractivity contribution in [1.29, 1.82) is 0 Å². The lowest BCUT2D eigenvalue weighted by molar-refractivity contribution is -0.117. The number of carbonyl (C=O) groups excluding carboxylic acids is 1. The Kier molecular flexibility index (Phi) is 6.01. The van der Waals surface area contributed by atoms with Gasteiger partial charge in [-0.15, -0.1) is 0 Å². The molecule has 2 N–H and O–H groups in total. The van der Waals surface area contributed by atoms with Crippen molar-refractivity contribution in [2.75, 3.05) is 25.1 Å². The molecule has 6 nitrogen and oxygen atoms in total. The second-order valence-electron chi connectivity index (χ2n) is 7.05. The molecule has 1 saturated heterocycles. The van der Waals surface area contributed by atoms with E-state index in [-0.39, 0.29) is 17.7 Å². The maximum absolute atomic E-state index is 12.3.